The van der Waals surface area contributed by atoms with E-state index in [2.05, 4.69) is 31.0 Å². The van der Waals surface area contributed by atoms with E-state index in [0.29, 0.717) is 16.7 Å². The molecule has 5 nitrogen and oxygen atoms in total. The number of hydrogen-bond acceptors (Lipinski definition) is 4. The molecule has 0 bridgehead atoms. The van der Waals surface area contributed by atoms with E-state index in [1.165, 1.54) is 0 Å². The van der Waals surface area contributed by atoms with Crippen LogP contribution in [0.4, 0.5) is 5.69 Å². The lowest BCUT2D eigenvalue weighted by molar-refractivity contribution is 0.600. The van der Waals surface area contributed by atoms with Crippen molar-refractivity contribution in [3.8, 4) is 0 Å². The van der Waals surface area contributed by atoms with E-state index in [9.17, 15) is 8.42 Å². The van der Waals surface area contributed by atoms with Crippen molar-refractivity contribution in [2.24, 2.45) is 0 Å². The Morgan fingerprint density at radius 2 is 2.05 bits per heavy atom. The smallest absolute Gasteiger partial charge is 0.263 e. The number of pyridine rings is 1. The molecule has 0 unspecified atom stereocenters. The number of benzene rings is 1. The Bertz CT molecular complexity index is 748. The molecule has 0 saturated carbocycles. The monoisotopic (exact) mass is 369 g/mol. The Balaban J connectivity index is 2.34. The Labute approximate surface area is 133 Å². The van der Waals surface area contributed by atoms with E-state index >= 15 is 0 Å². The Morgan fingerprint density at radius 3 is 2.67 bits per heavy atom. The van der Waals surface area contributed by atoms with Crippen molar-refractivity contribution in [1.82, 2.24) is 10.3 Å². The highest BCUT2D eigenvalue weighted by molar-refractivity contribution is 9.10. The van der Waals surface area contributed by atoms with Gasteiger partial charge in [0, 0.05) is 23.4 Å². The molecule has 0 aliphatic heterocycles. The predicted molar refractivity (Wildman–Crippen MR) is 86.7 cm³/mol. The molecule has 112 valence electrons. The zero-order valence-electron chi connectivity index (χ0n) is 11.7. The fourth-order valence-electron chi connectivity index (χ4n) is 1.86. The van der Waals surface area contributed by atoms with Gasteiger partial charge in [-0.3, -0.25) is 9.71 Å². The van der Waals surface area contributed by atoms with Gasteiger partial charge >= 0.3 is 0 Å². The molecule has 21 heavy (non-hydrogen) atoms. The zero-order chi connectivity index (χ0) is 15.5. The largest absolute Gasteiger partial charge is 0.316 e. The lowest BCUT2D eigenvalue weighted by Crippen LogP contribution is -2.15. The van der Waals surface area contributed by atoms with Crippen molar-refractivity contribution in [1.29, 1.82) is 0 Å². The fraction of sp³-hybridized carbons (Fsp3) is 0.214. The van der Waals surface area contributed by atoms with Crippen LogP contribution in [0, 0.1) is 6.92 Å². The van der Waals surface area contributed by atoms with E-state index in [1.807, 2.05) is 7.05 Å². The maximum absolute atomic E-state index is 12.5. The van der Waals surface area contributed by atoms with Crippen LogP contribution in [0.2, 0.25) is 0 Å². The third-order valence-electron chi connectivity index (χ3n) is 2.93. The third-order valence-corrected chi connectivity index (χ3v) is 5.27. The molecule has 0 spiro atoms. The van der Waals surface area contributed by atoms with E-state index in [-0.39, 0.29) is 4.90 Å². The average Bonchev–Trinajstić information content (AvgIpc) is 2.41. The number of anilines is 1. The van der Waals surface area contributed by atoms with Crippen molar-refractivity contribution in [3.63, 3.8) is 0 Å². The SMILES string of the molecule is CNCc1ccc(S(=O)(=O)Nc2ccncc2C)c(Br)c1. The van der Waals surface area contributed by atoms with E-state index < -0.39 is 10.0 Å². The Kier molecular flexibility index (Phi) is 4.97. The van der Waals surface area contributed by atoms with Crippen molar-refractivity contribution in [2.45, 2.75) is 18.4 Å². The number of nitrogens with one attached hydrogen (secondary N) is 2. The fourth-order valence-corrected chi connectivity index (χ4v) is 4.12. The zero-order valence-corrected chi connectivity index (χ0v) is 14.1. The maximum atomic E-state index is 12.5. The van der Waals surface area contributed by atoms with Crippen LogP contribution in [0.15, 0.2) is 46.0 Å². The van der Waals surface area contributed by atoms with Gasteiger partial charge in [-0.15, -0.1) is 0 Å². The molecule has 0 atom stereocenters. The molecule has 7 heteroatoms. The van der Waals surface area contributed by atoms with E-state index in [0.717, 1.165) is 11.1 Å². The normalized spacial score (nSPS) is 11.4. The van der Waals surface area contributed by atoms with Crippen LogP contribution in [0.1, 0.15) is 11.1 Å². The number of aromatic nitrogens is 1. The van der Waals surface area contributed by atoms with Crippen LogP contribution < -0.4 is 10.0 Å². The summed E-state index contributed by atoms with van der Waals surface area (Å²) in [5, 5.41) is 3.02. The summed E-state index contributed by atoms with van der Waals surface area (Å²) in [5.74, 6) is 0. The van der Waals surface area contributed by atoms with E-state index in [4.69, 9.17) is 0 Å². The van der Waals surface area contributed by atoms with Crippen molar-refractivity contribution in [2.75, 3.05) is 11.8 Å². The first-order chi connectivity index (χ1) is 9.94. The molecule has 0 saturated heterocycles. The van der Waals surface area contributed by atoms with Gasteiger partial charge in [-0.1, -0.05) is 6.07 Å². The number of halogens is 1. The van der Waals surface area contributed by atoms with Crippen LogP contribution in [0.3, 0.4) is 0 Å². The molecule has 0 fully saturated rings. The van der Waals surface area contributed by atoms with Crippen LogP contribution in [-0.4, -0.2) is 20.4 Å². The van der Waals surface area contributed by atoms with Gasteiger partial charge in [-0.2, -0.15) is 0 Å². The minimum atomic E-state index is -3.64. The summed E-state index contributed by atoms with van der Waals surface area (Å²) in [6.45, 7) is 2.48. The summed E-state index contributed by atoms with van der Waals surface area (Å²) in [4.78, 5) is 4.15. The van der Waals surface area contributed by atoms with Gasteiger partial charge in [0.1, 0.15) is 4.90 Å². The summed E-state index contributed by atoms with van der Waals surface area (Å²) >= 11 is 3.33. The van der Waals surface area contributed by atoms with Crippen LogP contribution in [0.25, 0.3) is 0 Å². The number of nitrogens with zero attached hydrogens (tertiary/aromatic N) is 1. The molecule has 1 aromatic carbocycles. The first kappa shape index (κ1) is 15.9. The maximum Gasteiger partial charge on any atom is 0.263 e. The highest BCUT2D eigenvalue weighted by Crippen LogP contribution is 2.26. The lowest BCUT2D eigenvalue weighted by atomic mass is 10.2. The number of hydrogen-bond donors (Lipinski definition) is 2. The van der Waals surface area contributed by atoms with Gasteiger partial charge < -0.3 is 5.32 Å². The summed E-state index contributed by atoms with van der Waals surface area (Å²) in [7, 11) is -1.80. The first-order valence-corrected chi connectivity index (χ1v) is 8.58. The molecule has 2 N–H and O–H groups in total. The van der Waals surface area contributed by atoms with Crippen molar-refractivity contribution >= 4 is 31.6 Å². The van der Waals surface area contributed by atoms with Crippen LogP contribution in [0.5, 0.6) is 0 Å². The molecule has 1 heterocycles. The minimum Gasteiger partial charge on any atom is -0.316 e. The van der Waals surface area contributed by atoms with Gasteiger partial charge in [-0.05, 0) is 59.2 Å². The standard InChI is InChI=1S/C14H16BrN3O2S/c1-10-8-17-6-5-13(10)18-21(19,20)14-4-3-11(9-16-2)7-12(14)15/h3-8,16H,9H2,1-2H3,(H,17,18). The highest BCUT2D eigenvalue weighted by atomic mass is 79.9. The second kappa shape index (κ2) is 6.55. The average molecular weight is 370 g/mol. The molecule has 0 aliphatic carbocycles. The Morgan fingerprint density at radius 1 is 1.29 bits per heavy atom. The summed E-state index contributed by atoms with van der Waals surface area (Å²) in [6, 6.07) is 6.81. The second-order valence-electron chi connectivity index (χ2n) is 4.59. The first-order valence-electron chi connectivity index (χ1n) is 6.30. The van der Waals surface area contributed by atoms with Crippen molar-refractivity contribution < 1.29 is 8.42 Å². The number of aryl methyl sites for hydroxylation is 1. The quantitative estimate of drug-likeness (QED) is 0.849. The van der Waals surface area contributed by atoms with Crippen LogP contribution >= 0.6 is 15.9 Å². The topological polar surface area (TPSA) is 71.1 Å². The van der Waals surface area contributed by atoms with Gasteiger partial charge in [0.15, 0.2) is 0 Å². The van der Waals surface area contributed by atoms with Gasteiger partial charge in [0.2, 0.25) is 0 Å². The predicted octanol–water partition coefficient (Wildman–Crippen LogP) is 2.67. The number of rotatable bonds is 5. The highest BCUT2D eigenvalue weighted by Gasteiger charge is 2.18. The second-order valence-corrected chi connectivity index (χ2v) is 7.10. The van der Waals surface area contributed by atoms with Gasteiger partial charge in [-0.25, -0.2) is 8.42 Å². The molecule has 0 radical (unpaired) electrons. The minimum absolute atomic E-state index is 0.207. The van der Waals surface area contributed by atoms with Gasteiger partial charge in [0.05, 0.1) is 5.69 Å². The molecule has 2 rings (SSSR count). The summed E-state index contributed by atoms with van der Waals surface area (Å²) in [5.41, 5.74) is 2.30. The number of sulfonamides is 1. The lowest BCUT2D eigenvalue weighted by Gasteiger charge is -2.12. The van der Waals surface area contributed by atoms with Gasteiger partial charge in [0.25, 0.3) is 10.0 Å². The molecule has 0 amide bonds. The molecule has 2 aromatic rings. The molecular formula is C14H16BrN3O2S. The molecular weight excluding hydrogens is 354 g/mol. The third kappa shape index (κ3) is 3.81. The summed E-state index contributed by atoms with van der Waals surface area (Å²) < 4.78 is 28.1. The van der Waals surface area contributed by atoms with E-state index in [1.54, 1.807) is 43.6 Å². The molecule has 0 aliphatic rings. The van der Waals surface area contributed by atoms with Crippen LogP contribution in [-0.2, 0) is 16.6 Å². The Hall–Kier alpha value is -1.44. The molecule has 1 aromatic heterocycles. The summed E-state index contributed by atoms with van der Waals surface area (Å²) in [6.07, 6.45) is 3.17. The van der Waals surface area contributed by atoms with Crippen molar-refractivity contribution in [3.05, 3.63) is 52.3 Å².